The monoisotopic (exact) mass is 367 g/mol. The summed E-state index contributed by atoms with van der Waals surface area (Å²) in [4.78, 5) is 10.7. The smallest absolute Gasteiger partial charge is 0.338 e. The van der Waals surface area contributed by atoms with Gasteiger partial charge in [0.05, 0.1) is 37.3 Å². The van der Waals surface area contributed by atoms with E-state index in [1.807, 2.05) is 0 Å². The summed E-state index contributed by atoms with van der Waals surface area (Å²) < 4.78 is 4.57. The molecule has 0 saturated carbocycles. The zero-order valence-electron chi connectivity index (χ0n) is 9.65. The van der Waals surface area contributed by atoms with Crippen molar-refractivity contribution >= 4 is 64.0 Å². The first-order valence-electron chi connectivity index (χ1n) is 4.73. The van der Waals surface area contributed by atoms with Gasteiger partial charge < -0.3 is 15.6 Å². The number of halogens is 5. The van der Waals surface area contributed by atoms with E-state index in [1.54, 1.807) is 7.11 Å². The molecule has 0 radical (unpaired) electrons. The number of hydrogen-bond acceptors (Lipinski definition) is 3. The highest BCUT2D eigenvalue weighted by molar-refractivity contribution is 6.56. The molecule has 19 heavy (non-hydrogen) atoms. The molecule has 0 fully saturated rings. The van der Waals surface area contributed by atoms with E-state index in [4.69, 9.17) is 68.8 Å². The summed E-state index contributed by atoms with van der Waals surface area (Å²) in [5, 5.41) is 8.00. The molecule has 0 saturated heterocycles. The summed E-state index contributed by atoms with van der Waals surface area (Å²) in [6.07, 6.45) is 0. The molecule has 0 amide bonds. The maximum atomic E-state index is 10.7. The van der Waals surface area contributed by atoms with Crippen molar-refractivity contribution in [3.8, 4) is 0 Å². The van der Waals surface area contributed by atoms with Crippen molar-refractivity contribution in [2.45, 2.75) is 0 Å². The van der Waals surface area contributed by atoms with E-state index in [2.05, 4.69) is 4.74 Å². The lowest BCUT2D eigenvalue weighted by Crippen LogP contribution is -2.05. The van der Waals surface area contributed by atoms with Gasteiger partial charge in [-0.1, -0.05) is 58.0 Å². The Bertz CT molecular complexity index is 436. The third kappa shape index (κ3) is 5.16. The standard InChI is InChI=1S/C7HCl5O2.C3H9NO/c8-2-1(7(13)14)3(9)5(11)6(12)4(2)10;1-5-3-2-4/h(H,13,14);2-4H2,1H3. The van der Waals surface area contributed by atoms with Crippen LogP contribution < -0.4 is 5.73 Å². The largest absolute Gasteiger partial charge is 0.478 e. The van der Waals surface area contributed by atoms with E-state index in [0.29, 0.717) is 13.2 Å². The number of carboxylic acid groups (broad SMARTS) is 1. The first kappa shape index (κ1) is 19.1. The maximum absolute atomic E-state index is 10.7. The first-order chi connectivity index (χ1) is 8.79. The fraction of sp³-hybridized carbons (Fsp3) is 0.300. The van der Waals surface area contributed by atoms with Crippen LogP contribution in [0.5, 0.6) is 0 Å². The minimum atomic E-state index is -1.32. The van der Waals surface area contributed by atoms with E-state index in [9.17, 15) is 4.79 Å². The summed E-state index contributed by atoms with van der Waals surface area (Å²) in [5.41, 5.74) is 4.66. The Hall–Kier alpha value is 0.0600. The van der Waals surface area contributed by atoms with Gasteiger partial charge in [-0.15, -0.1) is 0 Å². The summed E-state index contributed by atoms with van der Waals surface area (Å²) in [5.74, 6) is -1.32. The van der Waals surface area contributed by atoms with Gasteiger partial charge in [-0.2, -0.15) is 0 Å². The van der Waals surface area contributed by atoms with E-state index >= 15 is 0 Å². The van der Waals surface area contributed by atoms with Gasteiger partial charge in [0.2, 0.25) is 0 Å². The van der Waals surface area contributed by atoms with Crippen molar-refractivity contribution in [2.75, 3.05) is 20.3 Å². The molecule has 0 aromatic heterocycles. The molecule has 0 unspecified atom stereocenters. The van der Waals surface area contributed by atoms with Gasteiger partial charge in [-0.3, -0.25) is 0 Å². The highest BCUT2D eigenvalue weighted by Gasteiger charge is 2.23. The molecule has 3 N–H and O–H groups in total. The van der Waals surface area contributed by atoms with Gasteiger partial charge in [0.15, 0.2) is 0 Å². The topological polar surface area (TPSA) is 72.5 Å². The average Bonchev–Trinajstić information content (AvgIpc) is 2.35. The molecule has 0 spiro atoms. The van der Waals surface area contributed by atoms with Gasteiger partial charge in [-0.25, -0.2) is 4.79 Å². The Labute approximate surface area is 135 Å². The van der Waals surface area contributed by atoms with Crippen LogP contribution in [-0.4, -0.2) is 31.3 Å². The van der Waals surface area contributed by atoms with Crippen molar-refractivity contribution in [1.82, 2.24) is 0 Å². The van der Waals surface area contributed by atoms with E-state index < -0.39 is 5.97 Å². The lowest BCUT2D eigenvalue weighted by atomic mass is 10.2. The molecule has 4 nitrogen and oxygen atoms in total. The zero-order valence-corrected chi connectivity index (χ0v) is 13.4. The Morgan fingerprint density at radius 3 is 1.63 bits per heavy atom. The molecule has 9 heteroatoms. The molecule has 0 aliphatic rings. The SMILES string of the molecule is COCCN.O=C(O)c1c(Cl)c(Cl)c(Cl)c(Cl)c1Cl. The highest BCUT2D eigenvalue weighted by Crippen LogP contribution is 2.43. The van der Waals surface area contributed by atoms with Crippen LogP contribution in [0.25, 0.3) is 0 Å². The molecule has 0 aliphatic heterocycles. The van der Waals surface area contributed by atoms with Gasteiger partial charge in [-0.05, 0) is 0 Å². The van der Waals surface area contributed by atoms with Crippen molar-refractivity contribution in [2.24, 2.45) is 5.73 Å². The van der Waals surface area contributed by atoms with Crippen molar-refractivity contribution < 1.29 is 14.6 Å². The van der Waals surface area contributed by atoms with Crippen LogP contribution in [0.4, 0.5) is 0 Å². The quantitative estimate of drug-likeness (QED) is 0.617. The number of carboxylic acids is 1. The number of aromatic carboxylic acids is 1. The predicted octanol–water partition coefficient (Wildman–Crippen LogP) is 4.24. The Balaban J connectivity index is 0.000000555. The molecule has 0 atom stereocenters. The van der Waals surface area contributed by atoms with E-state index in [1.165, 1.54) is 0 Å². The van der Waals surface area contributed by atoms with E-state index in [-0.39, 0.29) is 30.7 Å². The lowest BCUT2D eigenvalue weighted by Gasteiger charge is -2.08. The molecular formula is C10H10Cl5NO3. The number of ether oxygens (including phenoxy) is 1. The molecule has 0 heterocycles. The third-order valence-electron chi connectivity index (χ3n) is 1.75. The number of rotatable bonds is 3. The minimum absolute atomic E-state index is 0.0617. The van der Waals surface area contributed by atoms with Crippen molar-refractivity contribution in [1.29, 1.82) is 0 Å². The highest BCUT2D eigenvalue weighted by atomic mass is 35.5. The van der Waals surface area contributed by atoms with Crippen LogP contribution in [-0.2, 0) is 4.74 Å². The van der Waals surface area contributed by atoms with Crippen LogP contribution in [0.3, 0.4) is 0 Å². The molecule has 1 rings (SSSR count). The summed E-state index contributed by atoms with van der Waals surface area (Å²) in [7, 11) is 1.63. The van der Waals surface area contributed by atoms with Crippen molar-refractivity contribution in [3.63, 3.8) is 0 Å². The Morgan fingerprint density at radius 2 is 1.42 bits per heavy atom. The first-order valence-corrected chi connectivity index (χ1v) is 6.62. The Kier molecular flexibility index (Phi) is 9.11. The molecule has 1 aromatic rings. The second-order valence-corrected chi connectivity index (χ2v) is 4.92. The van der Waals surface area contributed by atoms with Gasteiger partial charge in [0.1, 0.15) is 0 Å². The molecular weight excluding hydrogens is 359 g/mol. The van der Waals surface area contributed by atoms with Gasteiger partial charge >= 0.3 is 5.97 Å². The number of hydrogen-bond donors (Lipinski definition) is 2. The fourth-order valence-corrected chi connectivity index (χ4v) is 2.21. The Morgan fingerprint density at radius 1 is 1.05 bits per heavy atom. The number of benzene rings is 1. The number of carbonyl (C=O) groups is 1. The van der Waals surface area contributed by atoms with Crippen LogP contribution >= 0.6 is 58.0 Å². The molecule has 1 aromatic carbocycles. The minimum Gasteiger partial charge on any atom is -0.478 e. The van der Waals surface area contributed by atoms with Crippen LogP contribution in [0.15, 0.2) is 0 Å². The van der Waals surface area contributed by atoms with Crippen molar-refractivity contribution in [3.05, 3.63) is 30.7 Å². The summed E-state index contributed by atoms with van der Waals surface area (Å²) in [6.45, 7) is 1.29. The maximum Gasteiger partial charge on any atom is 0.338 e. The van der Waals surface area contributed by atoms with Gasteiger partial charge in [0, 0.05) is 13.7 Å². The second kappa shape index (κ2) is 9.08. The number of methoxy groups -OCH3 is 1. The average molecular weight is 369 g/mol. The second-order valence-electron chi connectivity index (χ2n) is 3.03. The zero-order chi connectivity index (χ0) is 15.2. The van der Waals surface area contributed by atoms with Crippen LogP contribution in [0.1, 0.15) is 10.4 Å². The number of nitrogens with two attached hydrogens (primary N) is 1. The fourth-order valence-electron chi connectivity index (χ4n) is 0.911. The van der Waals surface area contributed by atoms with E-state index in [0.717, 1.165) is 0 Å². The molecule has 108 valence electrons. The molecule has 0 bridgehead atoms. The van der Waals surface area contributed by atoms with Gasteiger partial charge in [0.25, 0.3) is 0 Å². The third-order valence-corrected chi connectivity index (χ3v) is 4.02. The summed E-state index contributed by atoms with van der Waals surface area (Å²) in [6, 6.07) is 0. The lowest BCUT2D eigenvalue weighted by molar-refractivity contribution is 0.0697. The molecule has 0 aliphatic carbocycles. The van der Waals surface area contributed by atoms with Crippen LogP contribution in [0, 0.1) is 0 Å². The predicted molar refractivity (Wildman–Crippen MR) is 79.4 cm³/mol. The summed E-state index contributed by atoms with van der Waals surface area (Å²) >= 11 is 28.2. The van der Waals surface area contributed by atoms with Crippen LogP contribution in [0.2, 0.25) is 25.1 Å². The normalized spacial score (nSPS) is 9.84.